The molecule has 0 aliphatic carbocycles. The first kappa shape index (κ1) is 11.4. The maximum Gasteiger partial charge on any atom is 0.383 e. The van der Waals surface area contributed by atoms with E-state index in [1.165, 1.54) is 24.5 Å². The van der Waals surface area contributed by atoms with Crippen molar-refractivity contribution < 1.29 is 22.4 Å². The van der Waals surface area contributed by atoms with Crippen LogP contribution in [0.3, 0.4) is 0 Å². The predicted molar refractivity (Wildman–Crippen MR) is 43.8 cm³/mol. The highest BCUT2D eigenvalue weighted by Crippen LogP contribution is 2.24. The molecule has 0 unspecified atom stereocenters. The number of halogens is 4. The molecule has 0 radical (unpaired) electrons. The van der Waals surface area contributed by atoms with Gasteiger partial charge in [-0.3, -0.25) is 9.78 Å². The Kier molecular flexibility index (Phi) is 3.23. The van der Waals surface area contributed by atoms with E-state index in [0.717, 1.165) is 0 Å². The third kappa shape index (κ3) is 2.64. The Hall–Kier alpha value is -1.66. The molecule has 82 valence electrons. The summed E-state index contributed by atoms with van der Waals surface area (Å²) < 4.78 is 48.4. The van der Waals surface area contributed by atoms with E-state index in [1.54, 1.807) is 5.32 Å². The van der Waals surface area contributed by atoms with Crippen LogP contribution in [-0.4, -0.2) is 23.2 Å². The minimum Gasteiger partial charge on any atom is -0.321 e. The SMILES string of the molecule is O=C(Nc1ccncc1)C(F)(F)C(F)F. The molecule has 15 heavy (non-hydrogen) atoms. The van der Waals surface area contributed by atoms with Crippen LogP contribution in [0.5, 0.6) is 0 Å². The lowest BCUT2D eigenvalue weighted by Gasteiger charge is -2.14. The first-order chi connectivity index (χ1) is 6.94. The van der Waals surface area contributed by atoms with E-state index in [9.17, 15) is 22.4 Å². The molecule has 0 fully saturated rings. The zero-order valence-electron chi connectivity index (χ0n) is 7.25. The zero-order valence-corrected chi connectivity index (χ0v) is 7.25. The normalized spacial score (nSPS) is 11.5. The fraction of sp³-hybridized carbons (Fsp3) is 0.250. The van der Waals surface area contributed by atoms with Crippen molar-refractivity contribution in [1.29, 1.82) is 0 Å². The molecule has 1 amide bonds. The molecule has 0 saturated heterocycles. The highest BCUT2D eigenvalue weighted by Gasteiger charge is 2.48. The number of rotatable bonds is 3. The summed E-state index contributed by atoms with van der Waals surface area (Å²) in [6.07, 6.45) is -1.56. The highest BCUT2D eigenvalue weighted by atomic mass is 19.3. The smallest absolute Gasteiger partial charge is 0.321 e. The predicted octanol–water partition coefficient (Wildman–Crippen LogP) is 1.92. The van der Waals surface area contributed by atoms with Crippen molar-refractivity contribution in [2.24, 2.45) is 0 Å². The van der Waals surface area contributed by atoms with Crippen molar-refractivity contribution in [3.63, 3.8) is 0 Å². The van der Waals surface area contributed by atoms with E-state index in [1.807, 2.05) is 0 Å². The number of aromatic nitrogens is 1. The van der Waals surface area contributed by atoms with Crippen molar-refractivity contribution in [3.05, 3.63) is 24.5 Å². The lowest BCUT2D eigenvalue weighted by molar-refractivity contribution is -0.163. The Bertz CT molecular complexity index is 342. The number of carbonyl (C=O) groups is 1. The van der Waals surface area contributed by atoms with E-state index < -0.39 is 18.3 Å². The van der Waals surface area contributed by atoms with Crippen LogP contribution in [0.15, 0.2) is 24.5 Å². The van der Waals surface area contributed by atoms with Crippen LogP contribution in [-0.2, 0) is 4.79 Å². The Morgan fingerprint density at radius 2 is 1.87 bits per heavy atom. The maximum atomic E-state index is 12.4. The van der Waals surface area contributed by atoms with Gasteiger partial charge in [-0.15, -0.1) is 0 Å². The maximum absolute atomic E-state index is 12.4. The lowest BCUT2D eigenvalue weighted by atomic mass is 10.3. The minimum absolute atomic E-state index is 0.0182. The Balaban J connectivity index is 2.72. The standard InChI is InChI=1S/C8H6F4N2O/c9-6(10)8(11,12)7(15)14-5-1-3-13-4-2-5/h1-4,6H,(H,13,14,15). The summed E-state index contributed by atoms with van der Waals surface area (Å²) >= 11 is 0. The molecule has 7 heteroatoms. The number of nitrogens with zero attached hydrogens (tertiary/aromatic N) is 1. The van der Waals surface area contributed by atoms with Crippen LogP contribution in [0.1, 0.15) is 0 Å². The molecule has 1 N–H and O–H groups in total. The van der Waals surface area contributed by atoms with Gasteiger partial charge in [0.05, 0.1) is 0 Å². The van der Waals surface area contributed by atoms with Crippen molar-refractivity contribution in [1.82, 2.24) is 4.98 Å². The van der Waals surface area contributed by atoms with Gasteiger partial charge in [0, 0.05) is 18.1 Å². The molecule has 0 aromatic carbocycles. The molecular formula is C8H6F4N2O. The van der Waals surface area contributed by atoms with Crippen molar-refractivity contribution in [3.8, 4) is 0 Å². The molecule has 3 nitrogen and oxygen atoms in total. The van der Waals surface area contributed by atoms with Crippen molar-refractivity contribution in [2.75, 3.05) is 5.32 Å². The fourth-order valence-corrected chi connectivity index (χ4v) is 0.749. The van der Waals surface area contributed by atoms with Gasteiger partial charge in [0.25, 0.3) is 0 Å². The Morgan fingerprint density at radius 1 is 1.33 bits per heavy atom. The van der Waals surface area contributed by atoms with Crippen LogP contribution in [0, 0.1) is 0 Å². The molecule has 0 saturated carbocycles. The Morgan fingerprint density at radius 3 is 2.33 bits per heavy atom. The summed E-state index contributed by atoms with van der Waals surface area (Å²) in [6, 6.07) is 2.42. The summed E-state index contributed by atoms with van der Waals surface area (Å²) in [6.45, 7) is 0. The van der Waals surface area contributed by atoms with E-state index in [-0.39, 0.29) is 5.69 Å². The van der Waals surface area contributed by atoms with Gasteiger partial charge in [0.2, 0.25) is 0 Å². The molecule has 1 heterocycles. The number of alkyl halides is 4. The zero-order chi connectivity index (χ0) is 11.5. The van der Waals surface area contributed by atoms with Gasteiger partial charge < -0.3 is 5.32 Å². The molecule has 0 aliphatic heterocycles. The van der Waals surface area contributed by atoms with Gasteiger partial charge in [0.15, 0.2) is 0 Å². The molecule has 0 atom stereocenters. The van der Waals surface area contributed by atoms with Gasteiger partial charge >= 0.3 is 18.3 Å². The average Bonchev–Trinajstić information content (AvgIpc) is 2.18. The number of nitrogens with one attached hydrogen (secondary N) is 1. The van der Waals surface area contributed by atoms with Crippen LogP contribution in [0.4, 0.5) is 23.2 Å². The first-order valence-corrected chi connectivity index (χ1v) is 3.82. The third-order valence-corrected chi connectivity index (χ3v) is 1.51. The second kappa shape index (κ2) is 4.24. The molecule has 1 rings (SSSR count). The molecule has 1 aromatic rings. The largest absolute Gasteiger partial charge is 0.383 e. The molecule has 0 aliphatic rings. The van der Waals surface area contributed by atoms with Crippen LogP contribution >= 0.6 is 0 Å². The summed E-state index contributed by atoms with van der Waals surface area (Å²) in [5.41, 5.74) is -0.0182. The monoisotopic (exact) mass is 222 g/mol. The summed E-state index contributed by atoms with van der Waals surface area (Å²) in [7, 11) is 0. The van der Waals surface area contributed by atoms with Crippen LogP contribution < -0.4 is 5.32 Å². The second-order valence-electron chi connectivity index (χ2n) is 2.61. The fourth-order valence-electron chi connectivity index (χ4n) is 0.749. The summed E-state index contributed by atoms with van der Waals surface area (Å²) in [4.78, 5) is 14.3. The quantitative estimate of drug-likeness (QED) is 0.794. The summed E-state index contributed by atoms with van der Waals surface area (Å²) in [5.74, 6) is -6.73. The molecule has 0 bridgehead atoms. The molecule has 0 spiro atoms. The van der Waals surface area contributed by atoms with E-state index in [0.29, 0.717) is 0 Å². The van der Waals surface area contributed by atoms with E-state index >= 15 is 0 Å². The molecule has 1 aromatic heterocycles. The Labute approximate surface area is 82.1 Å². The number of anilines is 1. The van der Waals surface area contributed by atoms with E-state index in [2.05, 4.69) is 4.98 Å². The van der Waals surface area contributed by atoms with Crippen molar-refractivity contribution >= 4 is 11.6 Å². The van der Waals surface area contributed by atoms with E-state index in [4.69, 9.17) is 0 Å². The highest BCUT2D eigenvalue weighted by molar-refractivity contribution is 5.96. The van der Waals surface area contributed by atoms with Crippen molar-refractivity contribution in [2.45, 2.75) is 12.3 Å². The minimum atomic E-state index is -4.69. The number of carbonyl (C=O) groups excluding carboxylic acids is 1. The summed E-state index contributed by atoms with van der Waals surface area (Å²) in [5, 5.41) is 1.65. The van der Waals surface area contributed by atoms with Gasteiger partial charge in [0.1, 0.15) is 0 Å². The first-order valence-electron chi connectivity index (χ1n) is 3.82. The topological polar surface area (TPSA) is 42.0 Å². The van der Waals surface area contributed by atoms with Crippen LogP contribution in [0.25, 0.3) is 0 Å². The average molecular weight is 222 g/mol. The van der Waals surface area contributed by atoms with Gasteiger partial charge in [-0.25, -0.2) is 8.78 Å². The number of hydrogen-bond acceptors (Lipinski definition) is 2. The molecular weight excluding hydrogens is 216 g/mol. The third-order valence-electron chi connectivity index (χ3n) is 1.51. The number of amides is 1. The van der Waals surface area contributed by atoms with Crippen LogP contribution in [0.2, 0.25) is 0 Å². The van der Waals surface area contributed by atoms with Gasteiger partial charge in [-0.2, -0.15) is 8.78 Å². The number of pyridine rings is 1. The number of hydrogen-bond donors (Lipinski definition) is 1. The van der Waals surface area contributed by atoms with Gasteiger partial charge in [-0.05, 0) is 12.1 Å². The second-order valence-corrected chi connectivity index (χ2v) is 2.61. The van der Waals surface area contributed by atoms with Gasteiger partial charge in [-0.1, -0.05) is 0 Å². The lowest BCUT2D eigenvalue weighted by Crippen LogP contribution is -2.40.